The summed E-state index contributed by atoms with van der Waals surface area (Å²) in [5.74, 6) is -0.411. The fourth-order valence-corrected chi connectivity index (χ4v) is 2.75. The lowest BCUT2D eigenvalue weighted by Crippen LogP contribution is -2.14. The summed E-state index contributed by atoms with van der Waals surface area (Å²) in [5, 5.41) is 2.55. The zero-order valence-electron chi connectivity index (χ0n) is 11.7. The third-order valence-corrected chi connectivity index (χ3v) is 4.33. The fraction of sp³-hybridized carbons (Fsp3) is 0.133. The van der Waals surface area contributed by atoms with E-state index in [0.29, 0.717) is 11.3 Å². The Morgan fingerprint density at radius 1 is 1.18 bits per heavy atom. The van der Waals surface area contributed by atoms with Crippen LogP contribution in [-0.4, -0.2) is 20.1 Å². The number of halogens is 3. The first-order chi connectivity index (χ1) is 10.5. The molecule has 0 aliphatic carbocycles. The highest BCUT2D eigenvalue weighted by Gasteiger charge is 2.16. The molecule has 0 aliphatic rings. The van der Waals surface area contributed by atoms with Crippen LogP contribution >= 0.6 is 38.5 Å². The lowest BCUT2D eigenvalue weighted by atomic mass is 10.2. The van der Waals surface area contributed by atoms with E-state index in [-0.39, 0.29) is 11.4 Å². The maximum atomic E-state index is 14.0. The van der Waals surface area contributed by atoms with Gasteiger partial charge in [0.2, 0.25) is 0 Å². The van der Waals surface area contributed by atoms with Gasteiger partial charge in [-0.15, -0.1) is 0 Å². The molecule has 0 atom stereocenters. The van der Waals surface area contributed by atoms with E-state index in [1.165, 1.54) is 26.4 Å². The molecule has 7 heteroatoms. The van der Waals surface area contributed by atoms with Crippen molar-refractivity contribution in [1.82, 2.24) is 0 Å². The number of methoxy groups -OCH3 is 2. The van der Waals surface area contributed by atoms with Crippen molar-refractivity contribution >= 4 is 50.1 Å². The zero-order valence-corrected chi connectivity index (χ0v) is 15.5. The summed E-state index contributed by atoms with van der Waals surface area (Å²) < 4.78 is 25.7. The molecule has 0 aromatic heterocycles. The molecule has 0 saturated carbocycles. The number of benzene rings is 2. The molecule has 2 aromatic rings. The minimum Gasteiger partial charge on any atom is -0.493 e. The van der Waals surface area contributed by atoms with Crippen molar-refractivity contribution in [2.45, 2.75) is 0 Å². The molecule has 2 aromatic carbocycles. The fourth-order valence-electron chi connectivity index (χ4n) is 1.81. The summed E-state index contributed by atoms with van der Waals surface area (Å²) in [6.45, 7) is 0. The summed E-state index contributed by atoms with van der Waals surface area (Å²) in [6.07, 6.45) is 0. The van der Waals surface area contributed by atoms with Gasteiger partial charge in [0.25, 0.3) is 5.91 Å². The third kappa shape index (κ3) is 3.70. The highest BCUT2D eigenvalue weighted by atomic mass is 127. The normalized spacial score (nSPS) is 10.2. The molecule has 2 rings (SSSR count). The van der Waals surface area contributed by atoms with E-state index in [2.05, 4.69) is 21.2 Å². The number of hydrogen-bond donors (Lipinski definition) is 1. The van der Waals surface area contributed by atoms with Gasteiger partial charge in [-0.25, -0.2) is 4.39 Å². The molecule has 1 N–H and O–H groups in total. The minimum absolute atomic E-state index is 0.0263. The van der Waals surface area contributed by atoms with Crippen LogP contribution in [0.1, 0.15) is 10.4 Å². The van der Waals surface area contributed by atoms with Gasteiger partial charge in [-0.2, -0.15) is 0 Å². The SMILES string of the molecule is COc1cc(F)c(NC(=O)c2cc(Br)ccc2I)cc1OC. The summed E-state index contributed by atoms with van der Waals surface area (Å²) in [5.41, 5.74) is 0.475. The average Bonchev–Trinajstić information content (AvgIpc) is 2.51. The van der Waals surface area contributed by atoms with Crippen LogP contribution in [0.3, 0.4) is 0 Å². The first-order valence-electron chi connectivity index (χ1n) is 6.14. The quantitative estimate of drug-likeness (QED) is 0.658. The Morgan fingerprint density at radius 2 is 1.82 bits per heavy atom. The van der Waals surface area contributed by atoms with Crippen LogP contribution in [-0.2, 0) is 0 Å². The molecule has 116 valence electrons. The number of ether oxygens (including phenoxy) is 2. The molecule has 0 radical (unpaired) electrons. The lowest BCUT2D eigenvalue weighted by Gasteiger charge is -2.12. The van der Waals surface area contributed by atoms with Gasteiger partial charge in [0.05, 0.1) is 25.5 Å². The Bertz CT molecular complexity index is 724. The van der Waals surface area contributed by atoms with E-state index in [4.69, 9.17) is 9.47 Å². The summed E-state index contributed by atoms with van der Waals surface area (Å²) in [4.78, 5) is 12.3. The maximum absolute atomic E-state index is 14.0. The Balaban J connectivity index is 2.34. The first-order valence-corrected chi connectivity index (χ1v) is 8.01. The zero-order chi connectivity index (χ0) is 16.3. The van der Waals surface area contributed by atoms with Gasteiger partial charge in [0, 0.05) is 20.2 Å². The standard InChI is InChI=1S/C15H12BrFINO3/c1-21-13-6-10(17)12(7-14(13)22-2)19-15(20)9-5-8(16)3-4-11(9)18/h3-7H,1-2H3,(H,19,20). The van der Waals surface area contributed by atoms with E-state index in [1.807, 2.05) is 28.7 Å². The van der Waals surface area contributed by atoms with Crippen LogP contribution in [0.4, 0.5) is 10.1 Å². The minimum atomic E-state index is -0.601. The number of nitrogens with one attached hydrogen (secondary N) is 1. The molecule has 0 saturated heterocycles. The number of anilines is 1. The number of amides is 1. The number of rotatable bonds is 4. The summed E-state index contributed by atoms with van der Waals surface area (Å²) in [6, 6.07) is 7.85. The van der Waals surface area contributed by atoms with Crippen molar-refractivity contribution in [3.63, 3.8) is 0 Å². The highest BCUT2D eigenvalue weighted by molar-refractivity contribution is 14.1. The van der Waals surface area contributed by atoms with Crippen LogP contribution in [0.25, 0.3) is 0 Å². The Morgan fingerprint density at radius 3 is 2.45 bits per heavy atom. The Hall–Kier alpha value is -1.35. The first kappa shape index (κ1) is 17.0. The molecule has 0 bridgehead atoms. The van der Waals surface area contributed by atoms with Gasteiger partial charge in [-0.05, 0) is 40.8 Å². The van der Waals surface area contributed by atoms with Gasteiger partial charge in [0.1, 0.15) is 0 Å². The van der Waals surface area contributed by atoms with Gasteiger partial charge in [-0.1, -0.05) is 15.9 Å². The van der Waals surface area contributed by atoms with Crippen LogP contribution < -0.4 is 14.8 Å². The topological polar surface area (TPSA) is 47.6 Å². The van der Waals surface area contributed by atoms with Crippen LogP contribution in [0.5, 0.6) is 11.5 Å². The molecular weight excluding hydrogens is 468 g/mol. The molecule has 22 heavy (non-hydrogen) atoms. The molecule has 1 amide bonds. The Labute approximate surface area is 149 Å². The van der Waals surface area contributed by atoms with Gasteiger partial charge >= 0.3 is 0 Å². The lowest BCUT2D eigenvalue weighted by molar-refractivity contribution is 0.102. The largest absolute Gasteiger partial charge is 0.493 e. The predicted molar refractivity (Wildman–Crippen MR) is 94.3 cm³/mol. The molecule has 0 spiro atoms. The highest BCUT2D eigenvalue weighted by Crippen LogP contribution is 2.32. The molecule has 0 fully saturated rings. The predicted octanol–water partition coefficient (Wildman–Crippen LogP) is 4.46. The van der Waals surface area contributed by atoms with Crippen molar-refractivity contribution in [3.05, 3.63) is 49.8 Å². The monoisotopic (exact) mass is 479 g/mol. The van der Waals surface area contributed by atoms with Gasteiger partial charge in [0.15, 0.2) is 17.3 Å². The second-order valence-corrected chi connectivity index (χ2v) is 6.34. The van der Waals surface area contributed by atoms with Crippen LogP contribution in [0.15, 0.2) is 34.8 Å². The van der Waals surface area contributed by atoms with E-state index in [1.54, 1.807) is 12.1 Å². The van der Waals surface area contributed by atoms with Crippen LogP contribution in [0.2, 0.25) is 0 Å². The number of carbonyl (C=O) groups excluding carboxylic acids is 1. The third-order valence-electron chi connectivity index (χ3n) is 2.89. The van der Waals surface area contributed by atoms with E-state index >= 15 is 0 Å². The Kier molecular flexibility index (Phi) is 5.63. The van der Waals surface area contributed by atoms with E-state index in [9.17, 15) is 9.18 Å². The van der Waals surface area contributed by atoms with Gasteiger partial charge < -0.3 is 14.8 Å². The molecule has 0 heterocycles. The molecule has 0 aliphatic heterocycles. The van der Waals surface area contributed by atoms with E-state index in [0.717, 1.165) is 8.04 Å². The molecule has 0 unspecified atom stereocenters. The van der Waals surface area contributed by atoms with Crippen molar-refractivity contribution in [1.29, 1.82) is 0 Å². The van der Waals surface area contributed by atoms with Crippen molar-refractivity contribution in [2.75, 3.05) is 19.5 Å². The van der Waals surface area contributed by atoms with Crippen molar-refractivity contribution < 1.29 is 18.7 Å². The molecule has 4 nitrogen and oxygen atoms in total. The van der Waals surface area contributed by atoms with Crippen molar-refractivity contribution in [2.24, 2.45) is 0 Å². The second-order valence-electron chi connectivity index (χ2n) is 4.27. The summed E-state index contributed by atoms with van der Waals surface area (Å²) in [7, 11) is 2.86. The number of hydrogen-bond acceptors (Lipinski definition) is 3. The molecular formula is C15H12BrFINO3. The van der Waals surface area contributed by atoms with Crippen LogP contribution in [0, 0.1) is 9.39 Å². The second kappa shape index (κ2) is 7.28. The number of carbonyl (C=O) groups is 1. The smallest absolute Gasteiger partial charge is 0.256 e. The summed E-state index contributed by atoms with van der Waals surface area (Å²) >= 11 is 5.36. The van der Waals surface area contributed by atoms with Gasteiger partial charge in [-0.3, -0.25) is 4.79 Å². The maximum Gasteiger partial charge on any atom is 0.256 e. The van der Waals surface area contributed by atoms with Crippen molar-refractivity contribution in [3.8, 4) is 11.5 Å². The average molecular weight is 480 g/mol. The van der Waals surface area contributed by atoms with E-state index < -0.39 is 11.7 Å².